The first-order valence-corrected chi connectivity index (χ1v) is 11.2. The van der Waals surface area contributed by atoms with Gasteiger partial charge in [-0.2, -0.15) is 0 Å². The van der Waals surface area contributed by atoms with Gasteiger partial charge in [0.25, 0.3) is 0 Å². The first-order valence-electron chi connectivity index (χ1n) is 11.2. The van der Waals surface area contributed by atoms with Gasteiger partial charge in [0.05, 0.1) is 19.8 Å². The molecule has 2 aliphatic rings. The summed E-state index contributed by atoms with van der Waals surface area (Å²) in [6, 6.07) is 0.488. The summed E-state index contributed by atoms with van der Waals surface area (Å²) in [6.45, 7) is 19.3. The van der Waals surface area contributed by atoms with Crippen LogP contribution in [0.3, 0.4) is 0 Å². The Kier molecular flexibility index (Phi) is 10.5. The predicted molar refractivity (Wildman–Crippen MR) is 114 cm³/mol. The lowest BCUT2D eigenvalue weighted by Gasteiger charge is -2.36. The summed E-state index contributed by atoms with van der Waals surface area (Å²) in [4.78, 5) is 10.1. The largest absolute Gasteiger partial charge is 0.379 e. The number of piperidine rings is 1. The van der Waals surface area contributed by atoms with Gasteiger partial charge in [-0.15, -0.1) is 0 Å². The molecule has 1 atom stereocenters. The summed E-state index contributed by atoms with van der Waals surface area (Å²) in [6.07, 6.45) is 3.86. The fourth-order valence-electron chi connectivity index (χ4n) is 4.16. The Hall–Kier alpha value is -0.850. The van der Waals surface area contributed by atoms with Gasteiger partial charge in [-0.05, 0) is 57.7 Å². The molecule has 2 N–H and O–H groups in total. The molecule has 2 heterocycles. The highest BCUT2D eigenvalue weighted by atomic mass is 16.5. The Morgan fingerprint density at radius 3 is 2.37 bits per heavy atom. The molecule has 2 rings (SSSR count). The highest BCUT2D eigenvalue weighted by Gasteiger charge is 2.24. The zero-order valence-electron chi connectivity index (χ0n) is 18.2. The average Bonchev–Trinajstić information content (AvgIpc) is 2.68. The summed E-state index contributed by atoms with van der Waals surface area (Å²) >= 11 is 0. The summed E-state index contributed by atoms with van der Waals surface area (Å²) in [7, 11) is 0. The monoisotopic (exact) mass is 381 g/mol. The van der Waals surface area contributed by atoms with Crippen LogP contribution in [-0.4, -0.2) is 87.4 Å². The lowest BCUT2D eigenvalue weighted by Crippen LogP contribution is -2.48. The van der Waals surface area contributed by atoms with Crippen LogP contribution < -0.4 is 10.6 Å². The lowest BCUT2D eigenvalue weighted by molar-refractivity contribution is 0.00867. The van der Waals surface area contributed by atoms with Crippen LogP contribution in [0, 0.1) is 11.8 Å². The minimum Gasteiger partial charge on any atom is -0.379 e. The molecule has 0 aliphatic carbocycles. The molecule has 0 bridgehead atoms. The van der Waals surface area contributed by atoms with Crippen LogP contribution in [0.15, 0.2) is 4.99 Å². The van der Waals surface area contributed by atoms with E-state index in [1.54, 1.807) is 0 Å². The van der Waals surface area contributed by atoms with Crippen LogP contribution in [-0.2, 0) is 4.74 Å². The number of hydrogen-bond donors (Lipinski definition) is 2. The Bertz CT molecular complexity index is 415. The third kappa shape index (κ3) is 7.96. The van der Waals surface area contributed by atoms with E-state index >= 15 is 0 Å². The van der Waals surface area contributed by atoms with Crippen LogP contribution >= 0.6 is 0 Å². The molecule has 6 nitrogen and oxygen atoms in total. The average molecular weight is 382 g/mol. The molecule has 0 aromatic heterocycles. The standard InChI is InChI=1S/C21H43N5O/c1-5-9-25-10-7-19(8-11-25)16-23-21(22-6-2)24-17-20(18(3)4)26-12-14-27-15-13-26/h18-20H,5-17H2,1-4H3,(H2,22,23,24). The first kappa shape index (κ1) is 22.4. The Morgan fingerprint density at radius 2 is 1.78 bits per heavy atom. The number of guanidine groups is 1. The van der Waals surface area contributed by atoms with E-state index < -0.39 is 0 Å². The van der Waals surface area contributed by atoms with Gasteiger partial charge in [-0.25, -0.2) is 0 Å². The summed E-state index contributed by atoms with van der Waals surface area (Å²) < 4.78 is 5.52. The molecule has 1 unspecified atom stereocenters. The van der Waals surface area contributed by atoms with Crippen molar-refractivity contribution < 1.29 is 4.74 Å². The predicted octanol–water partition coefficient (Wildman–Crippen LogP) is 2.02. The number of nitrogens with one attached hydrogen (secondary N) is 2. The van der Waals surface area contributed by atoms with Gasteiger partial charge in [-0.3, -0.25) is 9.89 Å². The molecule has 2 aliphatic heterocycles. The zero-order chi connectivity index (χ0) is 19.5. The van der Waals surface area contributed by atoms with E-state index in [2.05, 4.69) is 48.1 Å². The van der Waals surface area contributed by atoms with E-state index in [4.69, 9.17) is 9.73 Å². The number of aliphatic imine (C=N–C) groups is 1. The van der Waals surface area contributed by atoms with Crippen molar-refractivity contribution in [1.82, 2.24) is 20.4 Å². The van der Waals surface area contributed by atoms with E-state index in [-0.39, 0.29) is 0 Å². The second-order valence-electron chi connectivity index (χ2n) is 8.35. The molecule has 0 aromatic rings. The van der Waals surface area contributed by atoms with Crippen LogP contribution in [0.5, 0.6) is 0 Å². The lowest BCUT2D eigenvalue weighted by atomic mass is 9.97. The van der Waals surface area contributed by atoms with Gasteiger partial charge in [0.1, 0.15) is 0 Å². The second kappa shape index (κ2) is 12.6. The zero-order valence-corrected chi connectivity index (χ0v) is 18.2. The van der Waals surface area contributed by atoms with E-state index in [9.17, 15) is 0 Å². The number of morpholine rings is 1. The summed E-state index contributed by atoms with van der Waals surface area (Å²) in [5, 5.41) is 7.05. The SMILES string of the molecule is CCCN1CCC(CNC(=NCC(C(C)C)N2CCOCC2)NCC)CC1. The molecule has 0 aromatic carbocycles. The molecule has 6 heteroatoms. The minimum absolute atomic E-state index is 0.488. The van der Waals surface area contributed by atoms with Gasteiger partial charge in [0.15, 0.2) is 5.96 Å². The quantitative estimate of drug-likeness (QED) is 0.473. The first-order chi connectivity index (χ1) is 13.1. The highest BCUT2D eigenvalue weighted by molar-refractivity contribution is 5.79. The van der Waals surface area contributed by atoms with E-state index in [1.807, 2.05) is 0 Å². The molecule has 2 saturated heterocycles. The van der Waals surface area contributed by atoms with Crippen molar-refractivity contribution in [2.24, 2.45) is 16.8 Å². The maximum Gasteiger partial charge on any atom is 0.191 e. The second-order valence-corrected chi connectivity index (χ2v) is 8.35. The van der Waals surface area contributed by atoms with Crippen molar-refractivity contribution in [3.05, 3.63) is 0 Å². The van der Waals surface area contributed by atoms with E-state index in [1.165, 1.54) is 38.9 Å². The van der Waals surface area contributed by atoms with Crippen molar-refractivity contribution in [3.63, 3.8) is 0 Å². The molecular weight excluding hydrogens is 338 g/mol. The molecule has 2 fully saturated rings. The molecule has 0 amide bonds. The van der Waals surface area contributed by atoms with Crippen LogP contribution in [0.1, 0.15) is 47.0 Å². The van der Waals surface area contributed by atoms with Gasteiger partial charge in [0.2, 0.25) is 0 Å². The van der Waals surface area contributed by atoms with Gasteiger partial charge in [-0.1, -0.05) is 20.8 Å². The number of nitrogens with zero attached hydrogens (tertiary/aromatic N) is 3. The third-order valence-corrected chi connectivity index (χ3v) is 5.87. The molecule has 0 spiro atoms. The van der Waals surface area contributed by atoms with Crippen LogP contribution in [0.25, 0.3) is 0 Å². The van der Waals surface area contributed by atoms with Crippen molar-refractivity contribution in [3.8, 4) is 0 Å². The summed E-state index contributed by atoms with van der Waals surface area (Å²) in [5.74, 6) is 2.34. The molecule has 0 saturated carbocycles. The van der Waals surface area contributed by atoms with Crippen molar-refractivity contribution >= 4 is 5.96 Å². The molecular formula is C21H43N5O. The number of hydrogen-bond acceptors (Lipinski definition) is 4. The fraction of sp³-hybridized carbons (Fsp3) is 0.952. The van der Waals surface area contributed by atoms with E-state index in [0.29, 0.717) is 12.0 Å². The fourth-order valence-corrected chi connectivity index (χ4v) is 4.16. The Balaban J connectivity index is 1.81. The maximum atomic E-state index is 5.52. The Labute approximate surface area is 167 Å². The minimum atomic E-state index is 0.488. The third-order valence-electron chi connectivity index (χ3n) is 5.87. The normalized spacial score (nSPS) is 22.2. The van der Waals surface area contributed by atoms with Crippen molar-refractivity contribution in [1.29, 1.82) is 0 Å². The molecule has 158 valence electrons. The summed E-state index contributed by atoms with van der Waals surface area (Å²) in [5.41, 5.74) is 0. The van der Waals surface area contributed by atoms with Gasteiger partial charge in [0, 0.05) is 32.2 Å². The van der Waals surface area contributed by atoms with Crippen LogP contribution in [0.2, 0.25) is 0 Å². The van der Waals surface area contributed by atoms with Crippen molar-refractivity contribution in [2.75, 3.05) is 65.6 Å². The molecule has 27 heavy (non-hydrogen) atoms. The molecule has 0 radical (unpaired) electrons. The topological polar surface area (TPSA) is 52.1 Å². The maximum absolute atomic E-state index is 5.52. The van der Waals surface area contributed by atoms with Crippen molar-refractivity contribution in [2.45, 2.75) is 53.0 Å². The number of likely N-dealkylation sites (tertiary alicyclic amines) is 1. The highest BCUT2D eigenvalue weighted by Crippen LogP contribution is 2.16. The smallest absolute Gasteiger partial charge is 0.191 e. The number of rotatable bonds is 9. The van der Waals surface area contributed by atoms with E-state index in [0.717, 1.165) is 57.8 Å². The van der Waals surface area contributed by atoms with Gasteiger partial charge < -0.3 is 20.3 Å². The van der Waals surface area contributed by atoms with Gasteiger partial charge >= 0.3 is 0 Å². The van der Waals surface area contributed by atoms with Crippen LogP contribution in [0.4, 0.5) is 0 Å². The Morgan fingerprint density at radius 1 is 1.07 bits per heavy atom. The number of ether oxygens (including phenoxy) is 1.